The standard InChI is InChI=1S/C14H18N4O5/c1-9-10(14(22)18-11(16-9)3-4-15-18)7-12(19)17(5-6-23-2)8-13(20)21/h3-4,15H,5-8H2,1-2H3,(H,20,21). The molecular weight excluding hydrogens is 304 g/mol. The number of carbonyl (C=O) groups is 2. The number of aromatic nitrogens is 3. The van der Waals surface area contributed by atoms with E-state index >= 15 is 0 Å². The first kappa shape index (κ1) is 16.7. The van der Waals surface area contributed by atoms with Crippen LogP contribution in [0.4, 0.5) is 0 Å². The van der Waals surface area contributed by atoms with Gasteiger partial charge in [0, 0.05) is 37.2 Å². The molecule has 0 saturated heterocycles. The van der Waals surface area contributed by atoms with Crippen molar-refractivity contribution >= 4 is 17.5 Å². The highest BCUT2D eigenvalue weighted by molar-refractivity contribution is 5.83. The Morgan fingerprint density at radius 1 is 1.48 bits per heavy atom. The third-order valence-corrected chi connectivity index (χ3v) is 3.42. The third kappa shape index (κ3) is 3.75. The van der Waals surface area contributed by atoms with Gasteiger partial charge in [-0.15, -0.1) is 0 Å². The van der Waals surface area contributed by atoms with Crippen LogP contribution in [-0.2, 0) is 20.7 Å². The van der Waals surface area contributed by atoms with Crippen LogP contribution in [0.3, 0.4) is 0 Å². The number of fused-ring (bicyclic) bond motifs is 1. The molecule has 0 spiro atoms. The second-order valence-electron chi connectivity index (χ2n) is 5.02. The molecule has 2 rings (SSSR count). The third-order valence-electron chi connectivity index (χ3n) is 3.42. The van der Waals surface area contributed by atoms with Crippen LogP contribution in [0.15, 0.2) is 17.1 Å². The first-order chi connectivity index (χ1) is 10.9. The molecule has 0 saturated carbocycles. The number of methoxy groups -OCH3 is 1. The Morgan fingerprint density at radius 2 is 2.22 bits per heavy atom. The summed E-state index contributed by atoms with van der Waals surface area (Å²) in [6.45, 7) is 1.56. The molecule has 9 nitrogen and oxygen atoms in total. The van der Waals surface area contributed by atoms with E-state index in [9.17, 15) is 14.4 Å². The van der Waals surface area contributed by atoms with Gasteiger partial charge in [0.2, 0.25) is 5.91 Å². The fourth-order valence-electron chi connectivity index (χ4n) is 2.23. The highest BCUT2D eigenvalue weighted by atomic mass is 16.5. The van der Waals surface area contributed by atoms with E-state index in [4.69, 9.17) is 9.84 Å². The number of hydrogen-bond donors (Lipinski definition) is 2. The summed E-state index contributed by atoms with van der Waals surface area (Å²) >= 11 is 0. The predicted octanol–water partition coefficient (Wildman–Crippen LogP) is -0.567. The Hall–Kier alpha value is -2.68. The summed E-state index contributed by atoms with van der Waals surface area (Å²) in [4.78, 5) is 41.0. The number of aromatic amines is 1. The molecule has 0 atom stereocenters. The van der Waals surface area contributed by atoms with Gasteiger partial charge in [-0.25, -0.2) is 9.50 Å². The predicted molar refractivity (Wildman–Crippen MR) is 80.3 cm³/mol. The van der Waals surface area contributed by atoms with E-state index in [1.54, 1.807) is 19.2 Å². The number of rotatable bonds is 7. The fourth-order valence-corrected chi connectivity index (χ4v) is 2.23. The Morgan fingerprint density at radius 3 is 2.87 bits per heavy atom. The van der Waals surface area contributed by atoms with E-state index in [-0.39, 0.29) is 30.7 Å². The number of ether oxygens (including phenoxy) is 1. The van der Waals surface area contributed by atoms with Crippen LogP contribution < -0.4 is 5.56 Å². The monoisotopic (exact) mass is 322 g/mol. The zero-order valence-electron chi connectivity index (χ0n) is 12.9. The second kappa shape index (κ2) is 7.05. The van der Waals surface area contributed by atoms with Gasteiger partial charge in [0.1, 0.15) is 6.54 Å². The van der Waals surface area contributed by atoms with Crippen LogP contribution in [0.1, 0.15) is 11.3 Å². The quantitative estimate of drug-likeness (QED) is 0.705. The molecule has 0 radical (unpaired) electrons. The summed E-state index contributed by atoms with van der Waals surface area (Å²) in [7, 11) is 1.46. The van der Waals surface area contributed by atoms with Crippen molar-refractivity contribution in [3.63, 3.8) is 0 Å². The zero-order chi connectivity index (χ0) is 17.0. The van der Waals surface area contributed by atoms with Crippen molar-refractivity contribution in [3.05, 3.63) is 33.9 Å². The number of carbonyl (C=O) groups excluding carboxylic acids is 1. The van der Waals surface area contributed by atoms with Crippen molar-refractivity contribution in [3.8, 4) is 0 Å². The number of nitrogens with zero attached hydrogens (tertiary/aromatic N) is 3. The molecule has 0 unspecified atom stereocenters. The topological polar surface area (TPSA) is 117 Å². The molecule has 23 heavy (non-hydrogen) atoms. The molecular formula is C14H18N4O5. The van der Waals surface area contributed by atoms with E-state index in [1.807, 2.05) is 0 Å². The van der Waals surface area contributed by atoms with Gasteiger partial charge in [-0.2, -0.15) is 0 Å². The number of aryl methyl sites for hydroxylation is 1. The Labute approximate surface area is 131 Å². The van der Waals surface area contributed by atoms with Crippen LogP contribution in [-0.4, -0.2) is 63.3 Å². The van der Waals surface area contributed by atoms with E-state index in [2.05, 4.69) is 10.1 Å². The molecule has 2 aromatic rings. The van der Waals surface area contributed by atoms with Crippen molar-refractivity contribution in [2.75, 3.05) is 26.8 Å². The van der Waals surface area contributed by atoms with Crippen molar-refractivity contribution in [1.82, 2.24) is 19.5 Å². The molecule has 0 aliphatic heterocycles. The number of H-pyrrole nitrogens is 1. The van der Waals surface area contributed by atoms with Crippen LogP contribution >= 0.6 is 0 Å². The molecule has 9 heteroatoms. The normalized spacial score (nSPS) is 10.9. The summed E-state index contributed by atoms with van der Waals surface area (Å²) in [5.74, 6) is -1.58. The maximum Gasteiger partial charge on any atom is 0.323 e. The number of carboxylic acid groups (broad SMARTS) is 1. The summed E-state index contributed by atoms with van der Waals surface area (Å²) in [6.07, 6.45) is 1.36. The lowest BCUT2D eigenvalue weighted by Crippen LogP contribution is -2.40. The zero-order valence-corrected chi connectivity index (χ0v) is 12.9. The SMILES string of the molecule is COCCN(CC(=O)O)C(=O)Cc1c(C)nc2cc[nH]n2c1=O. The lowest BCUT2D eigenvalue weighted by molar-refractivity contribution is -0.144. The lowest BCUT2D eigenvalue weighted by Gasteiger charge is -2.20. The minimum Gasteiger partial charge on any atom is -0.480 e. The smallest absolute Gasteiger partial charge is 0.323 e. The highest BCUT2D eigenvalue weighted by Gasteiger charge is 2.20. The van der Waals surface area contributed by atoms with Gasteiger partial charge < -0.3 is 14.7 Å². The maximum absolute atomic E-state index is 12.4. The maximum atomic E-state index is 12.4. The van der Waals surface area contributed by atoms with Gasteiger partial charge >= 0.3 is 5.97 Å². The number of nitrogens with one attached hydrogen (secondary N) is 1. The largest absolute Gasteiger partial charge is 0.480 e. The average Bonchev–Trinajstić information content (AvgIpc) is 2.95. The molecule has 1 amide bonds. The molecule has 0 aliphatic rings. The van der Waals surface area contributed by atoms with E-state index in [1.165, 1.54) is 11.6 Å². The van der Waals surface area contributed by atoms with Crippen LogP contribution in [0.2, 0.25) is 0 Å². The van der Waals surface area contributed by atoms with Crippen molar-refractivity contribution in [2.45, 2.75) is 13.3 Å². The molecule has 0 aliphatic carbocycles. The van der Waals surface area contributed by atoms with Crippen LogP contribution in [0.25, 0.3) is 5.65 Å². The summed E-state index contributed by atoms with van der Waals surface area (Å²) in [5, 5.41) is 11.6. The highest BCUT2D eigenvalue weighted by Crippen LogP contribution is 2.06. The summed E-state index contributed by atoms with van der Waals surface area (Å²) in [5.41, 5.74) is 0.783. The first-order valence-electron chi connectivity index (χ1n) is 6.98. The Bertz CT molecular complexity index is 779. The Kier molecular flexibility index (Phi) is 5.12. The summed E-state index contributed by atoms with van der Waals surface area (Å²) in [6, 6.07) is 1.65. The van der Waals surface area contributed by atoms with Gasteiger partial charge in [0.15, 0.2) is 5.65 Å². The van der Waals surface area contributed by atoms with Crippen LogP contribution in [0.5, 0.6) is 0 Å². The average molecular weight is 322 g/mol. The van der Waals surface area contributed by atoms with E-state index < -0.39 is 18.4 Å². The molecule has 0 aromatic carbocycles. The molecule has 124 valence electrons. The minimum absolute atomic E-state index is 0.139. The van der Waals surface area contributed by atoms with Gasteiger partial charge in [0.05, 0.1) is 13.0 Å². The van der Waals surface area contributed by atoms with Gasteiger partial charge in [0.25, 0.3) is 5.56 Å². The summed E-state index contributed by atoms with van der Waals surface area (Å²) < 4.78 is 6.12. The Balaban J connectivity index is 2.27. The number of hydrogen-bond acceptors (Lipinski definition) is 5. The second-order valence-corrected chi connectivity index (χ2v) is 5.02. The van der Waals surface area contributed by atoms with Crippen molar-refractivity contribution < 1.29 is 19.4 Å². The molecule has 2 aromatic heterocycles. The first-order valence-corrected chi connectivity index (χ1v) is 6.98. The number of amides is 1. The number of aliphatic carboxylic acids is 1. The number of carboxylic acids is 1. The fraction of sp³-hybridized carbons (Fsp3) is 0.429. The van der Waals surface area contributed by atoms with Crippen molar-refractivity contribution in [2.24, 2.45) is 0 Å². The lowest BCUT2D eigenvalue weighted by atomic mass is 10.1. The van der Waals surface area contributed by atoms with E-state index in [0.29, 0.717) is 11.3 Å². The molecule has 2 N–H and O–H groups in total. The van der Waals surface area contributed by atoms with Crippen LogP contribution in [0, 0.1) is 6.92 Å². The van der Waals surface area contributed by atoms with E-state index in [0.717, 1.165) is 4.90 Å². The molecule has 0 bridgehead atoms. The van der Waals surface area contributed by atoms with Gasteiger partial charge in [-0.3, -0.25) is 19.5 Å². The minimum atomic E-state index is -1.12. The van der Waals surface area contributed by atoms with Crippen molar-refractivity contribution in [1.29, 1.82) is 0 Å². The van der Waals surface area contributed by atoms with Gasteiger partial charge in [-0.05, 0) is 6.92 Å². The molecule has 2 heterocycles. The van der Waals surface area contributed by atoms with Gasteiger partial charge in [-0.1, -0.05) is 0 Å². The molecule has 0 fully saturated rings.